The van der Waals surface area contributed by atoms with E-state index in [0.717, 1.165) is 0 Å². The zero-order chi connectivity index (χ0) is 16.3. The minimum Gasteiger partial charge on any atom is -0.481 e. The van der Waals surface area contributed by atoms with Crippen molar-refractivity contribution in [1.29, 1.82) is 0 Å². The van der Waals surface area contributed by atoms with Gasteiger partial charge in [0.1, 0.15) is 0 Å². The Kier molecular flexibility index (Phi) is 5.43. The number of aliphatic hydroxyl groups is 1. The Morgan fingerprint density at radius 2 is 1.81 bits per heavy atom. The van der Waals surface area contributed by atoms with Crippen molar-refractivity contribution in [3.63, 3.8) is 0 Å². The average Bonchev–Trinajstić information content (AvgIpc) is 2.33. The molecule has 6 nitrogen and oxygen atoms in total. The standard InChI is InChI=1S/C12H19F3N2O4/c1-11(21,6-9(18)19)7-16-10(20)17-4-2-8(3-5-17)12(13,14)15/h8,21H,2-7H2,1H3,(H,16,20)(H,18,19). The summed E-state index contributed by atoms with van der Waals surface area (Å²) in [4.78, 5) is 23.5. The lowest BCUT2D eigenvalue weighted by Crippen LogP contribution is -2.50. The molecule has 0 radical (unpaired) electrons. The lowest BCUT2D eigenvalue weighted by atomic mass is 9.96. The number of nitrogens with one attached hydrogen (secondary N) is 1. The quantitative estimate of drug-likeness (QED) is 0.727. The van der Waals surface area contributed by atoms with Crippen LogP contribution in [0.15, 0.2) is 0 Å². The fourth-order valence-electron chi connectivity index (χ4n) is 2.18. The van der Waals surface area contributed by atoms with Gasteiger partial charge in [0.2, 0.25) is 0 Å². The smallest absolute Gasteiger partial charge is 0.391 e. The molecule has 1 saturated heterocycles. The maximum atomic E-state index is 12.5. The summed E-state index contributed by atoms with van der Waals surface area (Å²) < 4.78 is 37.5. The molecule has 1 atom stereocenters. The third-order valence-electron chi connectivity index (χ3n) is 3.40. The number of nitrogens with zero attached hydrogens (tertiary/aromatic N) is 1. The van der Waals surface area contributed by atoms with Gasteiger partial charge in [-0.1, -0.05) is 0 Å². The van der Waals surface area contributed by atoms with E-state index in [1.54, 1.807) is 0 Å². The van der Waals surface area contributed by atoms with Gasteiger partial charge in [0, 0.05) is 19.6 Å². The second kappa shape index (κ2) is 6.50. The number of amides is 2. The van der Waals surface area contributed by atoms with Gasteiger partial charge in [-0.05, 0) is 19.8 Å². The molecule has 0 saturated carbocycles. The van der Waals surface area contributed by atoms with E-state index in [9.17, 15) is 27.9 Å². The van der Waals surface area contributed by atoms with Crippen LogP contribution in [0.5, 0.6) is 0 Å². The van der Waals surface area contributed by atoms with Crippen LogP contribution in [0, 0.1) is 5.92 Å². The van der Waals surface area contributed by atoms with Crippen molar-refractivity contribution in [1.82, 2.24) is 10.2 Å². The molecule has 0 spiro atoms. The lowest BCUT2D eigenvalue weighted by molar-refractivity contribution is -0.183. The van der Waals surface area contributed by atoms with Crippen LogP contribution < -0.4 is 5.32 Å². The fourth-order valence-corrected chi connectivity index (χ4v) is 2.18. The molecule has 21 heavy (non-hydrogen) atoms. The zero-order valence-electron chi connectivity index (χ0n) is 11.6. The highest BCUT2D eigenvalue weighted by molar-refractivity contribution is 5.74. The largest absolute Gasteiger partial charge is 0.481 e. The highest BCUT2D eigenvalue weighted by atomic mass is 19.4. The number of rotatable bonds is 4. The third-order valence-corrected chi connectivity index (χ3v) is 3.40. The van der Waals surface area contributed by atoms with E-state index in [-0.39, 0.29) is 32.5 Å². The van der Waals surface area contributed by atoms with Crippen LogP contribution in [0.25, 0.3) is 0 Å². The molecule has 0 aromatic heterocycles. The number of piperidine rings is 1. The zero-order valence-corrected chi connectivity index (χ0v) is 11.6. The molecule has 1 rings (SSSR count). The van der Waals surface area contributed by atoms with Crippen molar-refractivity contribution in [3.05, 3.63) is 0 Å². The first-order chi connectivity index (χ1) is 9.51. The van der Waals surface area contributed by atoms with Crippen LogP contribution in [-0.2, 0) is 4.79 Å². The molecule has 2 amide bonds. The SMILES string of the molecule is CC(O)(CNC(=O)N1CCC(C(F)(F)F)CC1)CC(=O)O. The monoisotopic (exact) mass is 312 g/mol. The molecule has 0 aromatic rings. The summed E-state index contributed by atoms with van der Waals surface area (Å²) in [7, 11) is 0. The number of halogens is 3. The van der Waals surface area contributed by atoms with Crippen molar-refractivity contribution in [2.45, 2.75) is 38.0 Å². The van der Waals surface area contributed by atoms with Gasteiger partial charge in [-0.25, -0.2) is 4.79 Å². The van der Waals surface area contributed by atoms with Crippen molar-refractivity contribution in [2.24, 2.45) is 5.92 Å². The van der Waals surface area contributed by atoms with Crippen LogP contribution in [0.1, 0.15) is 26.2 Å². The summed E-state index contributed by atoms with van der Waals surface area (Å²) in [5.41, 5.74) is -1.61. The van der Waals surface area contributed by atoms with Gasteiger partial charge in [-0.15, -0.1) is 0 Å². The van der Waals surface area contributed by atoms with E-state index in [4.69, 9.17) is 5.11 Å². The van der Waals surface area contributed by atoms with Crippen LogP contribution >= 0.6 is 0 Å². The molecule has 1 unspecified atom stereocenters. The van der Waals surface area contributed by atoms with Crippen molar-refractivity contribution in [2.75, 3.05) is 19.6 Å². The Balaban J connectivity index is 2.40. The predicted molar refractivity (Wildman–Crippen MR) is 66.6 cm³/mol. The van der Waals surface area contributed by atoms with Gasteiger partial charge in [0.15, 0.2) is 0 Å². The second-order valence-electron chi connectivity index (χ2n) is 5.53. The fraction of sp³-hybridized carbons (Fsp3) is 0.833. The first-order valence-corrected chi connectivity index (χ1v) is 6.55. The van der Waals surface area contributed by atoms with E-state index in [2.05, 4.69) is 5.32 Å². The number of carbonyl (C=O) groups excluding carboxylic acids is 1. The molecule has 9 heteroatoms. The van der Waals surface area contributed by atoms with Crippen molar-refractivity contribution in [3.8, 4) is 0 Å². The molecule has 1 heterocycles. The van der Waals surface area contributed by atoms with Gasteiger partial charge in [-0.2, -0.15) is 13.2 Å². The lowest BCUT2D eigenvalue weighted by Gasteiger charge is -2.33. The van der Waals surface area contributed by atoms with Gasteiger partial charge < -0.3 is 20.4 Å². The Labute approximate surface area is 119 Å². The molecule has 0 aromatic carbocycles. The van der Waals surface area contributed by atoms with Crippen LogP contribution in [-0.4, -0.2) is 58.5 Å². The number of carboxylic acids is 1. The van der Waals surface area contributed by atoms with Gasteiger partial charge >= 0.3 is 18.2 Å². The summed E-state index contributed by atoms with van der Waals surface area (Å²) in [6, 6.07) is -0.596. The number of hydrogen-bond donors (Lipinski definition) is 3. The highest BCUT2D eigenvalue weighted by Crippen LogP contribution is 2.34. The van der Waals surface area contributed by atoms with Crippen LogP contribution in [0.4, 0.5) is 18.0 Å². The van der Waals surface area contributed by atoms with Gasteiger partial charge in [-0.3, -0.25) is 4.79 Å². The van der Waals surface area contributed by atoms with Gasteiger partial charge in [0.25, 0.3) is 0 Å². The first-order valence-electron chi connectivity index (χ1n) is 6.55. The summed E-state index contributed by atoms with van der Waals surface area (Å²) in [5.74, 6) is -2.60. The molecule has 0 aliphatic carbocycles. The Morgan fingerprint density at radius 1 is 1.29 bits per heavy atom. The Hall–Kier alpha value is -1.51. The number of likely N-dealkylation sites (tertiary alicyclic amines) is 1. The predicted octanol–water partition coefficient (Wildman–Crippen LogP) is 1.20. The number of hydrogen-bond acceptors (Lipinski definition) is 3. The second-order valence-corrected chi connectivity index (χ2v) is 5.53. The minimum atomic E-state index is -4.24. The van der Waals surface area contributed by atoms with E-state index >= 15 is 0 Å². The normalized spacial score (nSPS) is 20.0. The highest BCUT2D eigenvalue weighted by Gasteiger charge is 2.41. The van der Waals surface area contributed by atoms with E-state index < -0.39 is 36.1 Å². The number of aliphatic carboxylic acids is 1. The van der Waals surface area contributed by atoms with E-state index in [0.29, 0.717) is 0 Å². The van der Waals surface area contributed by atoms with Gasteiger partial charge in [0.05, 0.1) is 17.9 Å². The molecular weight excluding hydrogens is 293 g/mol. The average molecular weight is 312 g/mol. The Morgan fingerprint density at radius 3 is 2.24 bits per heavy atom. The maximum Gasteiger partial charge on any atom is 0.391 e. The molecule has 122 valence electrons. The summed E-state index contributed by atoms with van der Waals surface area (Å²) in [5, 5.41) is 20.6. The number of alkyl halides is 3. The van der Waals surface area contributed by atoms with E-state index in [1.807, 2.05) is 0 Å². The number of carbonyl (C=O) groups is 2. The molecular formula is C12H19F3N2O4. The molecule has 1 aliphatic heterocycles. The summed E-state index contributed by atoms with van der Waals surface area (Å²) in [6.45, 7) is 0.947. The third kappa shape index (κ3) is 5.78. The Bertz CT molecular complexity index is 390. The first kappa shape index (κ1) is 17.5. The molecule has 1 aliphatic rings. The molecule has 3 N–H and O–H groups in total. The summed E-state index contributed by atoms with van der Waals surface area (Å²) in [6.07, 6.45) is -5.08. The maximum absolute atomic E-state index is 12.5. The molecule has 1 fully saturated rings. The number of urea groups is 1. The van der Waals surface area contributed by atoms with Crippen molar-refractivity contribution < 1.29 is 33.0 Å². The molecule has 0 bridgehead atoms. The topological polar surface area (TPSA) is 89.9 Å². The van der Waals surface area contributed by atoms with Crippen LogP contribution in [0.3, 0.4) is 0 Å². The van der Waals surface area contributed by atoms with E-state index in [1.165, 1.54) is 11.8 Å². The minimum absolute atomic E-state index is 0.0168. The van der Waals surface area contributed by atoms with Crippen molar-refractivity contribution >= 4 is 12.0 Å². The van der Waals surface area contributed by atoms with Crippen LogP contribution in [0.2, 0.25) is 0 Å². The summed E-state index contributed by atoms with van der Waals surface area (Å²) >= 11 is 0. The number of carboxylic acid groups (broad SMARTS) is 1.